The normalized spacial score (nSPS) is 12.8. The molecule has 6 heteroatoms. The molecule has 0 fully saturated rings. The standard InChI is InChI=1S/C62H104O6/c1-4-7-10-13-16-19-22-25-27-29-31-33-35-37-40-43-46-49-52-55-61(64)67-58-59(57-66-60(63)54-51-48-45-42-39-24-21-18-15-12-9-6-3)68-62(65)56-53-50-47-44-41-38-36-34-32-30-28-26-23-20-17-14-11-8-5-2/h7,10,16-17,19-20,25-28,31,33,37,40,46,49,59H,4-6,8-9,11-15,18,21-24,29-30,32,34-36,38-39,41-45,47-48,50-58H2,1-3H3/b10-7-,19-16-,20-17-,27-25-,28-26-,33-31-,40-37-,49-46-/t59-/m1/s1. The Kier molecular flexibility index (Phi) is 52.9. The third-order valence-corrected chi connectivity index (χ3v) is 11.8. The maximum Gasteiger partial charge on any atom is 0.306 e. The number of carbonyl (C=O) groups is 3. The minimum Gasteiger partial charge on any atom is -0.462 e. The number of allylic oxidation sites excluding steroid dienone is 16. The second kappa shape index (κ2) is 55.9. The first-order chi connectivity index (χ1) is 33.5. The number of unbranched alkanes of at least 4 members (excludes halogenated alkanes) is 23. The van der Waals surface area contributed by atoms with E-state index in [2.05, 4.69) is 112 Å². The summed E-state index contributed by atoms with van der Waals surface area (Å²) >= 11 is 0. The highest BCUT2D eigenvalue weighted by Crippen LogP contribution is 2.15. The van der Waals surface area contributed by atoms with Gasteiger partial charge in [-0.1, -0.05) is 246 Å². The summed E-state index contributed by atoms with van der Waals surface area (Å²) in [7, 11) is 0. The Morgan fingerprint density at radius 2 is 0.603 bits per heavy atom. The van der Waals surface area contributed by atoms with Crippen molar-refractivity contribution >= 4 is 17.9 Å². The van der Waals surface area contributed by atoms with Crippen LogP contribution in [0.1, 0.15) is 258 Å². The molecule has 0 unspecified atom stereocenters. The lowest BCUT2D eigenvalue weighted by atomic mass is 10.0. The largest absolute Gasteiger partial charge is 0.462 e. The summed E-state index contributed by atoms with van der Waals surface area (Å²) in [5.74, 6) is -0.991. The van der Waals surface area contributed by atoms with Crippen molar-refractivity contribution in [1.82, 2.24) is 0 Å². The molecule has 0 aliphatic heterocycles. The molecule has 1 atom stereocenters. The number of carbonyl (C=O) groups excluding carboxylic acids is 3. The van der Waals surface area contributed by atoms with E-state index in [0.29, 0.717) is 19.3 Å². The van der Waals surface area contributed by atoms with Gasteiger partial charge in [-0.05, 0) is 89.9 Å². The van der Waals surface area contributed by atoms with E-state index in [-0.39, 0.29) is 37.5 Å². The molecule has 0 aromatic rings. The predicted octanol–water partition coefficient (Wildman–Crippen LogP) is 18.9. The van der Waals surface area contributed by atoms with Gasteiger partial charge in [0.2, 0.25) is 0 Å². The summed E-state index contributed by atoms with van der Waals surface area (Å²) in [5.41, 5.74) is 0. The van der Waals surface area contributed by atoms with Crippen molar-refractivity contribution in [3.63, 3.8) is 0 Å². The quantitative estimate of drug-likeness (QED) is 0.0262. The van der Waals surface area contributed by atoms with Crippen LogP contribution in [0.5, 0.6) is 0 Å². The first-order valence-electron chi connectivity index (χ1n) is 28.2. The van der Waals surface area contributed by atoms with Crippen LogP contribution in [-0.4, -0.2) is 37.2 Å². The van der Waals surface area contributed by atoms with E-state index < -0.39 is 6.10 Å². The van der Waals surface area contributed by atoms with Crippen LogP contribution >= 0.6 is 0 Å². The lowest BCUT2D eigenvalue weighted by Crippen LogP contribution is -2.30. The summed E-state index contributed by atoms with van der Waals surface area (Å²) in [5, 5.41) is 0. The Hall–Kier alpha value is -3.67. The molecule has 0 spiro atoms. The highest BCUT2D eigenvalue weighted by atomic mass is 16.6. The summed E-state index contributed by atoms with van der Waals surface area (Å²) in [6.45, 7) is 6.44. The molecule has 0 N–H and O–H groups in total. The van der Waals surface area contributed by atoms with Gasteiger partial charge >= 0.3 is 17.9 Å². The van der Waals surface area contributed by atoms with Gasteiger partial charge in [0.05, 0.1) is 0 Å². The molecular formula is C62H104O6. The Morgan fingerprint density at radius 1 is 0.309 bits per heavy atom. The Balaban J connectivity index is 4.48. The van der Waals surface area contributed by atoms with E-state index in [0.717, 1.165) is 83.5 Å². The van der Waals surface area contributed by atoms with Crippen LogP contribution in [0.2, 0.25) is 0 Å². The maximum absolute atomic E-state index is 12.8. The van der Waals surface area contributed by atoms with E-state index >= 15 is 0 Å². The maximum atomic E-state index is 12.8. The van der Waals surface area contributed by atoms with Crippen LogP contribution in [-0.2, 0) is 28.6 Å². The number of hydrogen-bond donors (Lipinski definition) is 0. The van der Waals surface area contributed by atoms with Gasteiger partial charge in [-0.25, -0.2) is 0 Å². The molecule has 6 nitrogen and oxygen atoms in total. The first-order valence-corrected chi connectivity index (χ1v) is 28.2. The minimum absolute atomic E-state index is 0.101. The fraction of sp³-hybridized carbons (Fsp3) is 0.694. The van der Waals surface area contributed by atoms with Gasteiger partial charge in [-0.2, -0.15) is 0 Å². The topological polar surface area (TPSA) is 78.9 Å². The lowest BCUT2D eigenvalue weighted by molar-refractivity contribution is -0.166. The van der Waals surface area contributed by atoms with Gasteiger partial charge in [0.25, 0.3) is 0 Å². The van der Waals surface area contributed by atoms with Gasteiger partial charge in [0, 0.05) is 19.3 Å². The summed E-state index contributed by atoms with van der Waals surface area (Å²) in [4.78, 5) is 38.1. The Morgan fingerprint density at radius 3 is 1.01 bits per heavy atom. The first kappa shape index (κ1) is 64.3. The average Bonchev–Trinajstić information content (AvgIpc) is 3.34. The molecule has 0 saturated heterocycles. The molecule has 0 aromatic carbocycles. The van der Waals surface area contributed by atoms with Gasteiger partial charge in [0.1, 0.15) is 13.2 Å². The van der Waals surface area contributed by atoms with Gasteiger partial charge in [-0.3, -0.25) is 14.4 Å². The SMILES string of the molecule is CC/C=C\C/C=C\C/C=C\C/C=C\C/C=C\C/C=C\CCC(=O)OC[C@@H](COC(=O)CCCCCCCCCCCCCC)OC(=O)CCCCCCCCCCC/C=C\C/C=C\CCCCC. The number of hydrogen-bond acceptors (Lipinski definition) is 6. The second-order valence-electron chi connectivity index (χ2n) is 18.5. The summed E-state index contributed by atoms with van der Waals surface area (Å²) in [6, 6.07) is 0. The number of ether oxygens (including phenoxy) is 3. The molecule has 0 bridgehead atoms. The number of esters is 3. The van der Waals surface area contributed by atoms with Crippen LogP contribution in [0.25, 0.3) is 0 Å². The average molecular weight is 946 g/mol. The smallest absolute Gasteiger partial charge is 0.306 e. The summed E-state index contributed by atoms with van der Waals surface area (Å²) in [6.07, 6.45) is 74.0. The van der Waals surface area contributed by atoms with Crippen molar-refractivity contribution < 1.29 is 28.6 Å². The van der Waals surface area contributed by atoms with Crippen LogP contribution < -0.4 is 0 Å². The van der Waals surface area contributed by atoms with Crippen LogP contribution in [0.4, 0.5) is 0 Å². The molecule has 0 heterocycles. The van der Waals surface area contributed by atoms with E-state index in [1.807, 2.05) is 6.08 Å². The van der Waals surface area contributed by atoms with E-state index in [1.54, 1.807) is 0 Å². The zero-order chi connectivity index (χ0) is 49.3. The lowest BCUT2D eigenvalue weighted by Gasteiger charge is -2.18. The zero-order valence-corrected chi connectivity index (χ0v) is 44.3. The molecular weight excluding hydrogens is 841 g/mol. The molecule has 388 valence electrons. The van der Waals surface area contributed by atoms with E-state index in [1.165, 1.54) is 128 Å². The van der Waals surface area contributed by atoms with Gasteiger partial charge in [0.15, 0.2) is 6.10 Å². The van der Waals surface area contributed by atoms with Crippen LogP contribution in [0.3, 0.4) is 0 Å². The second-order valence-corrected chi connectivity index (χ2v) is 18.5. The molecule has 0 aliphatic rings. The number of rotatable bonds is 50. The van der Waals surface area contributed by atoms with Crippen LogP contribution in [0.15, 0.2) is 97.2 Å². The predicted molar refractivity (Wildman–Crippen MR) is 293 cm³/mol. The Bertz CT molecular complexity index is 1360. The van der Waals surface area contributed by atoms with E-state index in [9.17, 15) is 14.4 Å². The highest BCUT2D eigenvalue weighted by molar-refractivity contribution is 5.71. The van der Waals surface area contributed by atoms with Crippen molar-refractivity contribution in [3.8, 4) is 0 Å². The van der Waals surface area contributed by atoms with Crippen molar-refractivity contribution in [1.29, 1.82) is 0 Å². The van der Waals surface area contributed by atoms with Crippen LogP contribution in [0, 0.1) is 0 Å². The molecule has 0 aliphatic carbocycles. The monoisotopic (exact) mass is 945 g/mol. The molecule has 68 heavy (non-hydrogen) atoms. The van der Waals surface area contributed by atoms with Crippen molar-refractivity contribution in [2.24, 2.45) is 0 Å². The molecule has 0 rings (SSSR count). The van der Waals surface area contributed by atoms with Gasteiger partial charge in [-0.15, -0.1) is 0 Å². The summed E-state index contributed by atoms with van der Waals surface area (Å²) < 4.78 is 16.8. The van der Waals surface area contributed by atoms with Crippen molar-refractivity contribution in [2.45, 2.75) is 264 Å². The fourth-order valence-electron chi connectivity index (χ4n) is 7.62. The van der Waals surface area contributed by atoms with Crippen molar-refractivity contribution in [3.05, 3.63) is 97.2 Å². The Labute approximate surface area is 419 Å². The molecule has 0 aromatic heterocycles. The molecule has 0 amide bonds. The van der Waals surface area contributed by atoms with Crippen molar-refractivity contribution in [2.75, 3.05) is 13.2 Å². The molecule has 0 saturated carbocycles. The molecule has 0 radical (unpaired) electrons. The highest BCUT2D eigenvalue weighted by Gasteiger charge is 2.19. The van der Waals surface area contributed by atoms with E-state index in [4.69, 9.17) is 14.2 Å². The third-order valence-electron chi connectivity index (χ3n) is 11.8. The zero-order valence-electron chi connectivity index (χ0n) is 44.3. The third kappa shape index (κ3) is 53.3. The fourth-order valence-corrected chi connectivity index (χ4v) is 7.62. The van der Waals surface area contributed by atoms with Gasteiger partial charge < -0.3 is 14.2 Å². The minimum atomic E-state index is -0.809.